The van der Waals surface area contributed by atoms with Crippen molar-refractivity contribution in [2.45, 2.75) is 12.4 Å². The number of alkyl halides is 3. The van der Waals surface area contributed by atoms with E-state index in [1.807, 2.05) is 0 Å². The normalized spacial score (nSPS) is 12.4. The van der Waals surface area contributed by atoms with Crippen LogP contribution < -0.4 is 8.92 Å². The van der Waals surface area contributed by atoms with Crippen molar-refractivity contribution in [2.75, 3.05) is 7.11 Å². The maximum Gasteiger partial charge on any atom is 0.534 e. The average Bonchev–Trinajstić information content (AvgIpc) is 2.36. The van der Waals surface area contributed by atoms with Crippen molar-refractivity contribution >= 4 is 20.9 Å². The maximum atomic E-state index is 12.4. The Morgan fingerprint density at radius 1 is 1.10 bits per heavy atom. The van der Waals surface area contributed by atoms with Crippen LogP contribution in [0.4, 0.5) is 13.2 Å². The van der Waals surface area contributed by atoms with Crippen molar-refractivity contribution in [1.29, 1.82) is 0 Å². The van der Waals surface area contributed by atoms with Crippen LogP contribution in [0.2, 0.25) is 0 Å². The maximum absolute atomic E-state index is 12.4. The number of hydrogen-bond donors (Lipinski definition) is 0. The van der Waals surface area contributed by atoms with Crippen LogP contribution >= 0.6 is 0 Å². The van der Waals surface area contributed by atoms with Crippen LogP contribution in [0.1, 0.15) is 5.56 Å². The molecule has 4 nitrogen and oxygen atoms in total. The fourth-order valence-electron chi connectivity index (χ4n) is 1.78. The van der Waals surface area contributed by atoms with Gasteiger partial charge in [0.25, 0.3) is 0 Å². The van der Waals surface area contributed by atoms with Crippen molar-refractivity contribution in [3.8, 4) is 11.5 Å². The average molecular weight is 320 g/mol. The molecular weight excluding hydrogens is 309 g/mol. The molecule has 0 N–H and O–H groups in total. The first-order valence-electron chi connectivity index (χ1n) is 5.73. The highest BCUT2D eigenvalue weighted by atomic mass is 32.2. The SMILES string of the molecule is COc1cc(OS(=O)(=O)C(F)(F)F)c2ccc(C)cc2c1. The lowest BCUT2D eigenvalue weighted by molar-refractivity contribution is -0.0499. The standard InChI is InChI=1S/C13H11F3O4S/c1-8-3-4-11-9(5-8)6-10(19-2)7-12(11)20-21(17,18)13(14,15)16/h3-7H,1-2H3. The number of rotatable bonds is 3. The molecule has 0 heterocycles. The molecule has 0 unspecified atom stereocenters. The molecule has 114 valence electrons. The summed E-state index contributed by atoms with van der Waals surface area (Å²) in [5.41, 5.74) is -4.63. The predicted octanol–water partition coefficient (Wildman–Crippen LogP) is 3.39. The number of methoxy groups -OCH3 is 1. The first-order valence-corrected chi connectivity index (χ1v) is 7.14. The molecule has 0 radical (unpaired) electrons. The van der Waals surface area contributed by atoms with E-state index in [0.717, 1.165) is 11.6 Å². The molecule has 2 aromatic carbocycles. The van der Waals surface area contributed by atoms with E-state index in [4.69, 9.17) is 4.74 Å². The first-order chi connectivity index (χ1) is 9.64. The lowest BCUT2D eigenvalue weighted by atomic mass is 10.1. The van der Waals surface area contributed by atoms with Gasteiger partial charge in [-0.25, -0.2) is 0 Å². The number of hydrogen-bond acceptors (Lipinski definition) is 4. The molecule has 0 aliphatic rings. The van der Waals surface area contributed by atoms with E-state index in [-0.39, 0.29) is 11.1 Å². The second-order valence-electron chi connectivity index (χ2n) is 4.33. The molecule has 8 heteroatoms. The minimum atomic E-state index is -5.73. The summed E-state index contributed by atoms with van der Waals surface area (Å²) in [7, 11) is -4.41. The highest BCUT2D eigenvalue weighted by Gasteiger charge is 2.48. The molecule has 0 saturated heterocycles. The predicted molar refractivity (Wildman–Crippen MR) is 70.8 cm³/mol. The van der Waals surface area contributed by atoms with E-state index in [2.05, 4.69) is 4.18 Å². The molecule has 0 amide bonds. The third kappa shape index (κ3) is 3.05. The minimum absolute atomic E-state index is 0.195. The van der Waals surface area contributed by atoms with Crippen LogP contribution in [0.5, 0.6) is 11.5 Å². The van der Waals surface area contributed by atoms with Crippen LogP contribution in [0.25, 0.3) is 10.8 Å². The lowest BCUT2D eigenvalue weighted by Crippen LogP contribution is -2.28. The van der Waals surface area contributed by atoms with Crippen molar-refractivity contribution in [3.63, 3.8) is 0 Å². The summed E-state index contributed by atoms with van der Waals surface area (Å²) in [5, 5.41) is 0.760. The van der Waals surface area contributed by atoms with Crippen molar-refractivity contribution in [1.82, 2.24) is 0 Å². The van der Waals surface area contributed by atoms with Crippen molar-refractivity contribution in [3.05, 3.63) is 35.9 Å². The Kier molecular flexibility index (Phi) is 3.75. The van der Waals surface area contributed by atoms with Gasteiger partial charge in [-0.15, -0.1) is 0 Å². The fourth-order valence-corrected chi connectivity index (χ4v) is 2.25. The quantitative estimate of drug-likeness (QED) is 0.642. The largest absolute Gasteiger partial charge is 0.534 e. The van der Waals surface area contributed by atoms with Crippen LogP contribution in [0, 0.1) is 6.92 Å². The zero-order valence-electron chi connectivity index (χ0n) is 11.1. The summed E-state index contributed by atoms with van der Waals surface area (Å²) >= 11 is 0. The third-order valence-corrected chi connectivity index (χ3v) is 3.73. The molecule has 0 bridgehead atoms. The zero-order chi connectivity index (χ0) is 15.8. The second kappa shape index (κ2) is 5.10. The summed E-state index contributed by atoms with van der Waals surface area (Å²) in [5.74, 6) is -0.234. The Labute approximate surface area is 119 Å². The van der Waals surface area contributed by atoms with Crippen LogP contribution in [-0.2, 0) is 10.1 Å². The Morgan fingerprint density at radius 3 is 2.33 bits per heavy atom. The van der Waals surface area contributed by atoms with Crippen LogP contribution in [-0.4, -0.2) is 21.0 Å². The van der Waals surface area contributed by atoms with Gasteiger partial charge in [-0.2, -0.15) is 21.6 Å². The molecule has 2 aromatic rings. The zero-order valence-corrected chi connectivity index (χ0v) is 11.9. The molecule has 0 aliphatic heterocycles. The van der Waals surface area contributed by atoms with Gasteiger partial charge in [0, 0.05) is 11.5 Å². The Balaban J connectivity index is 2.63. The summed E-state index contributed by atoms with van der Waals surface area (Å²) in [6.07, 6.45) is 0. The summed E-state index contributed by atoms with van der Waals surface area (Å²) < 4.78 is 68.7. The summed E-state index contributed by atoms with van der Waals surface area (Å²) in [4.78, 5) is 0. The fraction of sp³-hybridized carbons (Fsp3) is 0.231. The highest BCUT2D eigenvalue weighted by molar-refractivity contribution is 7.88. The second-order valence-corrected chi connectivity index (χ2v) is 5.87. The highest BCUT2D eigenvalue weighted by Crippen LogP contribution is 2.35. The summed E-state index contributed by atoms with van der Waals surface area (Å²) in [6.45, 7) is 1.80. The van der Waals surface area contributed by atoms with Crippen LogP contribution in [0.3, 0.4) is 0 Å². The molecule has 0 atom stereocenters. The number of benzene rings is 2. The minimum Gasteiger partial charge on any atom is -0.497 e. The topological polar surface area (TPSA) is 52.6 Å². The van der Waals surface area contributed by atoms with Crippen LogP contribution in [0.15, 0.2) is 30.3 Å². The van der Waals surface area contributed by atoms with Gasteiger partial charge in [0.05, 0.1) is 7.11 Å². The van der Waals surface area contributed by atoms with Gasteiger partial charge in [-0.1, -0.05) is 23.8 Å². The lowest BCUT2D eigenvalue weighted by Gasteiger charge is -2.13. The van der Waals surface area contributed by atoms with E-state index in [0.29, 0.717) is 5.39 Å². The molecular formula is C13H11F3O4S. The van der Waals surface area contributed by atoms with Gasteiger partial charge >= 0.3 is 15.6 Å². The molecule has 0 fully saturated rings. The number of aryl methyl sites for hydroxylation is 1. The van der Waals surface area contributed by atoms with Gasteiger partial charge < -0.3 is 8.92 Å². The first kappa shape index (κ1) is 15.4. The molecule has 0 aliphatic carbocycles. The molecule has 2 rings (SSSR count). The number of halogens is 3. The van der Waals surface area contributed by atoms with Gasteiger partial charge in [0.15, 0.2) is 5.75 Å². The number of fused-ring (bicyclic) bond motifs is 1. The molecule has 21 heavy (non-hydrogen) atoms. The Morgan fingerprint density at radius 2 is 1.76 bits per heavy atom. The number of ether oxygens (including phenoxy) is 1. The molecule has 0 saturated carbocycles. The van der Waals surface area contributed by atoms with E-state index < -0.39 is 21.4 Å². The van der Waals surface area contributed by atoms with Gasteiger partial charge in [0.1, 0.15) is 5.75 Å². The summed E-state index contributed by atoms with van der Waals surface area (Å²) in [6, 6.07) is 7.49. The van der Waals surface area contributed by atoms with E-state index in [1.54, 1.807) is 25.1 Å². The van der Waals surface area contributed by atoms with Gasteiger partial charge in [-0.05, 0) is 18.4 Å². The van der Waals surface area contributed by atoms with E-state index in [1.165, 1.54) is 13.2 Å². The van der Waals surface area contributed by atoms with Crippen molar-refractivity contribution in [2.24, 2.45) is 0 Å². The van der Waals surface area contributed by atoms with Gasteiger partial charge in [0.2, 0.25) is 0 Å². The van der Waals surface area contributed by atoms with E-state index in [9.17, 15) is 21.6 Å². The van der Waals surface area contributed by atoms with Crippen molar-refractivity contribution < 1.29 is 30.5 Å². The third-order valence-electron chi connectivity index (χ3n) is 2.76. The van der Waals surface area contributed by atoms with Gasteiger partial charge in [-0.3, -0.25) is 0 Å². The molecule has 0 aromatic heterocycles. The Hall–Kier alpha value is -1.96. The monoisotopic (exact) mass is 320 g/mol. The Bertz CT molecular complexity index is 782. The van der Waals surface area contributed by atoms with E-state index >= 15 is 0 Å². The molecule has 0 spiro atoms. The smallest absolute Gasteiger partial charge is 0.497 e.